The van der Waals surface area contributed by atoms with Crippen LogP contribution in [0.3, 0.4) is 0 Å². The summed E-state index contributed by atoms with van der Waals surface area (Å²) in [4.78, 5) is 28.2. The summed E-state index contributed by atoms with van der Waals surface area (Å²) >= 11 is 4.74. The molecule has 0 atom stereocenters. The molecule has 0 aliphatic rings. The number of carbonyl (C=O) groups is 1. The van der Waals surface area contributed by atoms with E-state index < -0.39 is 5.56 Å². The largest absolute Gasteiger partial charge is 0.337 e. The van der Waals surface area contributed by atoms with E-state index in [0.717, 1.165) is 0 Å². The van der Waals surface area contributed by atoms with Crippen molar-refractivity contribution in [2.45, 2.75) is 0 Å². The van der Waals surface area contributed by atoms with E-state index in [9.17, 15) is 9.59 Å². The average Bonchev–Trinajstić information content (AvgIpc) is 2.34. The van der Waals surface area contributed by atoms with E-state index in [1.165, 1.54) is 6.20 Å². The number of aromatic nitrogens is 2. The van der Waals surface area contributed by atoms with Gasteiger partial charge in [-0.15, -0.1) is 0 Å². The second-order valence-electron chi connectivity index (χ2n) is 3.31. The normalized spacial score (nSPS) is 9.88. The molecule has 0 unspecified atom stereocenters. The molecule has 17 heavy (non-hydrogen) atoms. The lowest BCUT2D eigenvalue weighted by atomic mass is 10.2. The van der Waals surface area contributed by atoms with Crippen LogP contribution < -0.4 is 10.9 Å². The maximum absolute atomic E-state index is 11.7. The summed E-state index contributed by atoms with van der Waals surface area (Å²) in [6.07, 6.45) is 1.36. The third-order valence-corrected chi connectivity index (χ3v) is 2.32. The van der Waals surface area contributed by atoms with Crippen LogP contribution in [0.1, 0.15) is 10.4 Å². The Morgan fingerprint density at radius 2 is 1.94 bits per heavy atom. The highest BCUT2D eigenvalue weighted by Gasteiger charge is 2.07. The van der Waals surface area contributed by atoms with Crippen molar-refractivity contribution in [3.8, 4) is 0 Å². The SMILES string of the molecule is O=C(Nc1c[nH]c(=S)[nH]c1=O)c1ccccc1. The Balaban J connectivity index is 2.25. The number of hydrogen-bond acceptors (Lipinski definition) is 3. The minimum Gasteiger partial charge on any atom is -0.337 e. The fourth-order valence-corrected chi connectivity index (χ4v) is 1.44. The van der Waals surface area contributed by atoms with Crippen LogP contribution in [-0.4, -0.2) is 15.9 Å². The maximum atomic E-state index is 11.7. The lowest BCUT2D eigenvalue weighted by Crippen LogP contribution is -2.20. The van der Waals surface area contributed by atoms with Gasteiger partial charge in [0.05, 0.1) is 0 Å². The highest BCUT2D eigenvalue weighted by atomic mass is 32.1. The monoisotopic (exact) mass is 247 g/mol. The first-order valence-corrected chi connectivity index (χ1v) is 5.26. The number of aromatic amines is 2. The topological polar surface area (TPSA) is 77.8 Å². The molecule has 1 amide bonds. The molecule has 0 radical (unpaired) electrons. The van der Waals surface area contributed by atoms with Crippen molar-refractivity contribution in [1.29, 1.82) is 0 Å². The molecule has 2 aromatic rings. The lowest BCUT2D eigenvalue weighted by Gasteiger charge is -2.03. The minimum absolute atomic E-state index is 0.132. The average molecular weight is 247 g/mol. The summed E-state index contributed by atoms with van der Waals surface area (Å²) < 4.78 is 0.215. The summed E-state index contributed by atoms with van der Waals surface area (Å²) in [5, 5.41) is 2.49. The van der Waals surface area contributed by atoms with Crippen LogP contribution in [0.2, 0.25) is 0 Å². The third kappa shape index (κ3) is 2.67. The molecule has 0 aliphatic heterocycles. The van der Waals surface area contributed by atoms with Gasteiger partial charge in [-0.3, -0.25) is 14.6 Å². The molecule has 2 rings (SSSR count). The number of H-pyrrole nitrogens is 2. The molecule has 1 aromatic heterocycles. The van der Waals surface area contributed by atoms with E-state index in [2.05, 4.69) is 15.3 Å². The van der Waals surface area contributed by atoms with Gasteiger partial charge in [0, 0.05) is 11.8 Å². The number of hydrogen-bond donors (Lipinski definition) is 3. The molecule has 5 nitrogen and oxygen atoms in total. The molecule has 0 spiro atoms. The second kappa shape index (κ2) is 4.75. The molecule has 3 N–H and O–H groups in total. The van der Waals surface area contributed by atoms with Crippen molar-refractivity contribution < 1.29 is 4.79 Å². The molecule has 6 heteroatoms. The summed E-state index contributed by atoms with van der Waals surface area (Å²) in [5.74, 6) is -0.346. The van der Waals surface area contributed by atoms with Crippen LogP contribution in [-0.2, 0) is 0 Å². The number of rotatable bonds is 2. The third-order valence-electron chi connectivity index (χ3n) is 2.10. The second-order valence-corrected chi connectivity index (χ2v) is 3.71. The summed E-state index contributed by atoms with van der Waals surface area (Å²) in [5.41, 5.74) is 0.180. The Morgan fingerprint density at radius 3 is 2.59 bits per heavy atom. The number of benzene rings is 1. The van der Waals surface area contributed by atoms with Gasteiger partial charge in [-0.05, 0) is 24.4 Å². The van der Waals surface area contributed by atoms with Gasteiger partial charge in [0.1, 0.15) is 5.69 Å². The number of amides is 1. The number of carbonyl (C=O) groups excluding carboxylic acids is 1. The molecular weight excluding hydrogens is 238 g/mol. The highest BCUT2D eigenvalue weighted by molar-refractivity contribution is 7.71. The van der Waals surface area contributed by atoms with Gasteiger partial charge in [0.2, 0.25) is 0 Å². The summed E-state index contributed by atoms with van der Waals surface area (Å²) in [6, 6.07) is 8.63. The Hall–Kier alpha value is -2.21. The quantitative estimate of drug-likeness (QED) is 0.706. The van der Waals surface area contributed by atoms with E-state index in [-0.39, 0.29) is 16.4 Å². The van der Waals surface area contributed by atoms with Crippen molar-refractivity contribution in [3.05, 3.63) is 57.2 Å². The van der Waals surface area contributed by atoms with Crippen LogP contribution in [0.15, 0.2) is 41.3 Å². The highest BCUT2D eigenvalue weighted by Crippen LogP contribution is 2.02. The minimum atomic E-state index is -0.432. The smallest absolute Gasteiger partial charge is 0.275 e. The fraction of sp³-hybridized carbons (Fsp3) is 0. The predicted octanol–water partition coefficient (Wildman–Crippen LogP) is 1.68. The zero-order chi connectivity index (χ0) is 12.3. The molecule has 0 saturated carbocycles. The Labute approximate surface area is 102 Å². The van der Waals surface area contributed by atoms with E-state index in [1.807, 2.05) is 6.07 Å². The molecule has 86 valence electrons. The van der Waals surface area contributed by atoms with Gasteiger partial charge in [0.25, 0.3) is 11.5 Å². The van der Waals surface area contributed by atoms with Crippen molar-refractivity contribution in [2.24, 2.45) is 0 Å². The maximum Gasteiger partial charge on any atom is 0.275 e. The van der Waals surface area contributed by atoms with Crippen molar-refractivity contribution >= 4 is 23.8 Å². The molecule has 0 fully saturated rings. The zero-order valence-electron chi connectivity index (χ0n) is 8.69. The Morgan fingerprint density at radius 1 is 1.24 bits per heavy atom. The van der Waals surface area contributed by atoms with Crippen molar-refractivity contribution in [2.75, 3.05) is 5.32 Å². The van der Waals surface area contributed by atoms with Gasteiger partial charge in [-0.1, -0.05) is 18.2 Å². The van der Waals surface area contributed by atoms with Gasteiger partial charge >= 0.3 is 0 Å². The molecule has 0 saturated heterocycles. The Bertz CT molecular complexity index is 646. The standard InChI is InChI=1S/C11H9N3O2S/c15-9(7-4-2-1-3-5-7)13-8-6-12-11(17)14-10(8)16/h1-6H,(H,13,15)(H2,12,14,16,17). The van der Waals surface area contributed by atoms with Crippen LogP contribution in [0.25, 0.3) is 0 Å². The first-order valence-electron chi connectivity index (χ1n) is 4.85. The van der Waals surface area contributed by atoms with Gasteiger partial charge in [-0.2, -0.15) is 0 Å². The first-order chi connectivity index (χ1) is 8.16. The van der Waals surface area contributed by atoms with E-state index >= 15 is 0 Å². The van der Waals surface area contributed by atoms with Crippen LogP contribution >= 0.6 is 12.2 Å². The van der Waals surface area contributed by atoms with Gasteiger partial charge in [0.15, 0.2) is 4.77 Å². The van der Waals surface area contributed by atoms with E-state index in [0.29, 0.717) is 5.56 Å². The van der Waals surface area contributed by atoms with Gasteiger partial charge < -0.3 is 10.3 Å². The zero-order valence-corrected chi connectivity index (χ0v) is 9.51. The fourth-order valence-electron chi connectivity index (χ4n) is 1.29. The van der Waals surface area contributed by atoms with Crippen molar-refractivity contribution in [1.82, 2.24) is 9.97 Å². The predicted molar refractivity (Wildman–Crippen MR) is 66.6 cm³/mol. The molecule has 1 heterocycles. The van der Waals surface area contributed by atoms with Crippen LogP contribution in [0, 0.1) is 4.77 Å². The molecule has 1 aromatic carbocycles. The summed E-state index contributed by atoms with van der Waals surface area (Å²) in [7, 11) is 0. The Kier molecular flexibility index (Phi) is 3.15. The number of nitrogens with one attached hydrogen (secondary N) is 3. The van der Waals surface area contributed by atoms with E-state index in [1.54, 1.807) is 24.3 Å². The lowest BCUT2D eigenvalue weighted by molar-refractivity contribution is 0.102. The molecular formula is C11H9N3O2S. The molecule has 0 aliphatic carbocycles. The first kappa shape index (κ1) is 11.3. The number of anilines is 1. The van der Waals surface area contributed by atoms with Crippen molar-refractivity contribution in [3.63, 3.8) is 0 Å². The van der Waals surface area contributed by atoms with E-state index in [4.69, 9.17) is 12.2 Å². The molecule has 0 bridgehead atoms. The van der Waals surface area contributed by atoms with Crippen LogP contribution in [0.4, 0.5) is 5.69 Å². The van der Waals surface area contributed by atoms with Crippen LogP contribution in [0.5, 0.6) is 0 Å². The summed E-state index contributed by atoms with van der Waals surface area (Å²) in [6.45, 7) is 0. The van der Waals surface area contributed by atoms with Gasteiger partial charge in [-0.25, -0.2) is 0 Å².